The van der Waals surface area contributed by atoms with E-state index in [1.54, 1.807) is 13.2 Å². The predicted octanol–water partition coefficient (Wildman–Crippen LogP) is 5.94. The van der Waals surface area contributed by atoms with Gasteiger partial charge in [-0.15, -0.1) is 6.58 Å². The van der Waals surface area contributed by atoms with Crippen molar-refractivity contribution in [2.45, 2.75) is 90.0 Å². The van der Waals surface area contributed by atoms with E-state index in [1.165, 1.54) is 0 Å². The Kier molecular flexibility index (Phi) is 11.3. The molecule has 0 amide bonds. The molecule has 3 rings (SSSR count). The first-order valence-electron chi connectivity index (χ1n) is 13.8. The van der Waals surface area contributed by atoms with Gasteiger partial charge >= 0.3 is 0 Å². The van der Waals surface area contributed by atoms with Crippen molar-refractivity contribution >= 4 is 0 Å². The maximum Gasteiger partial charge on any atom is 0.190 e. The summed E-state index contributed by atoms with van der Waals surface area (Å²) < 4.78 is 17.4. The van der Waals surface area contributed by atoms with Crippen molar-refractivity contribution in [1.29, 1.82) is 0 Å². The van der Waals surface area contributed by atoms with E-state index >= 15 is 0 Å². The summed E-state index contributed by atoms with van der Waals surface area (Å²) in [6, 6.07) is 7.70. The maximum absolute atomic E-state index is 11.5. The van der Waals surface area contributed by atoms with E-state index in [-0.39, 0.29) is 18.4 Å². The van der Waals surface area contributed by atoms with Crippen LogP contribution >= 0.6 is 0 Å². The lowest BCUT2D eigenvalue weighted by Crippen LogP contribution is -2.46. The first-order valence-corrected chi connectivity index (χ1v) is 13.8. The Balaban J connectivity index is 1.66. The summed E-state index contributed by atoms with van der Waals surface area (Å²) >= 11 is 0. The molecule has 2 aliphatic rings. The Labute approximate surface area is 234 Å². The van der Waals surface area contributed by atoms with E-state index in [9.17, 15) is 15.3 Å². The number of methoxy groups -OCH3 is 1. The van der Waals surface area contributed by atoms with Crippen LogP contribution in [-0.4, -0.2) is 53.1 Å². The zero-order valence-corrected chi connectivity index (χ0v) is 24.0. The molecule has 6 nitrogen and oxygen atoms in total. The second-order valence-electron chi connectivity index (χ2n) is 11.3. The van der Waals surface area contributed by atoms with Gasteiger partial charge in [0.05, 0.1) is 38.6 Å². The lowest BCUT2D eigenvalue weighted by atomic mass is 9.78. The molecule has 1 heterocycles. The molecule has 0 saturated heterocycles. The molecule has 5 atom stereocenters. The largest absolute Gasteiger partial charge is 0.497 e. The molecule has 1 aliphatic carbocycles. The first kappa shape index (κ1) is 31.1. The molecule has 3 N–H and O–H groups in total. The molecule has 39 heavy (non-hydrogen) atoms. The topological polar surface area (TPSA) is 88.4 Å². The van der Waals surface area contributed by atoms with Gasteiger partial charge in [-0.2, -0.15) is 0 Å². The Hall–Kier alpha value is -2.48. The van der Waals surface area contributed by atoms with Gasteiger partial charge in [-0.25, -0.2) is 0 Å². The summed E-state index contributed by atoms with van der Waals surface area (Å²) in [7, 11) is 1.63. The minimum absolute atomic E-state index is 0.0940. The molecule has 1 unspecified atom stereocenters. The fourth-order valence-corrected chi connectivity index (χ4v) is 5.31. The lowest BCUT2D eigenvalue weighted by molar-refractivity contribution is -0.206. The average molecular weight is 539 g/mol. The van der Waals surface area contributed by atoms with Crippen molar-refractivity contribution in [3.05, 3.63) is 89.1 Å². The van der Waals surface area contributed by atoms with Crippen LogP contribution in [0, 0.1) is 5.92 Å². The predicted molar refractivity (Wildman–Crippen MR) is 155 cm³/mol. The van der Waals surface area contributed by atoms with E-state index in [2.05, 4.69) is 13.2 Å². The van der Waals surface area contributed by atoms with Crippen molar-refractivity contribution in [1.82, 2.24) is 0 Å². The number of allylic oxidation sites excluding steroid dienone is 2. The first-order chi connectivity index (χ1) is 18.5. The number of aliphatic hydroxyl groups is 3. The van der Waals surface area contributed by atoms with E-state index in [4.69, 9.17) is 14.2 Å². The van der Waals surface area contributed by atoms with Crippen molar-refractivity contribution < 1.29 is 29.5 Å². The number of rotatable bonds is 14. The highest BCUT2D eigenvalue weighted by Crippen LogP contribution is 2.41. The molecular formula is C33H46O6. The zero-order valence-electron chi connectivity index (χ0n) is 24.0. The maximum atomic E-state index is 11.5. The second kappa shape index (κ2) is 14.2. The number of fused-ring (bicyclic) bond motifs is 1. The smallest absolute Gasteiger partial charge is 0.190 e. The van der Waals surface area contributed by atoms with Gasteiger partial charge in [0.25, 0.3) is 0 Å². The van der Waals surface area contributed by atoms with E-state index in [0.717, 1.165) is 52.9 Å². The van der Waals surface area contributed by atoms with Gasteiger partial charge in [-0.3, -0.25) is 0 Å². The number of aliphatic hydroxyl groups excluding tert-OH is 2. The highest BCUT2D eigenvalue weighted by Gasteiger charge is 2.42. The highest BCUT2D eigenvalue weighted by atomic mass is 16.6. The summed E-state index contributed by atoms with van der Waals surface area (Å²) in [5.41, 5.74) is 5.73. The molecule has 1 aromatic rings. The molecule has 0 aromatic heterocycles. The number of benzene rings is 1. The van der Waals surface area contributed by atoms with Crippen molar-refractivity contribution in [2.24, 2.45) is 5.92 Å². The van der Waals surface area contributed by atoms with Crippen LogP contribution in [0.25, 0.3) is 0 Å². The van der Waals surface area contributed by atoms with Crippen LogP contribution in [0.2, 0.25) is 0 Å². The Morgan fingerprint density at radius 1 is 1.18 bits per heavy atom. The highest BCUT2D eigenvalue weighted by molar-refractivity contribution is 5.29. The number of hydrogen-bond donors (Lipinski definition) is 3. The molecule has 0 fully saturated rings. The van der Waals surface area contributed by atoms with Crippen LogP contribution in [0.5, 0.6) is 5.75 Å². The van der Waals surface area contributed by atoms with E-state index in [1.807, 2.05) is 57.2 Å². The molecule has 0 spiro atoms. The van der Waals surface area contributed by atoms with Crippen LogP contribution in [0.3, 0.4) is 0 Å². The monoisotopic (exact) mass is 538 g/mol. The van der Waals surface area contributed by atoms with Gasteiger partial charge < -0.3 is 29.5 Å². The molecule has 1 aromatic carbocycles. The molecular weight excluding hydrogens is 492 g/mol. The summed E-state index contributed by atoms with van der Waals surface area (Å²) in [6.45, 7) is 14.7. The standard InChI is InChI=1S/C33H46O6/c1-22(2)8-7-9-23(3)14-28(34)15-24(4)18-33(36)19-27(30-17-31(35)25(5)16-32(30)39-33)21-38-20-26-10-12-29(37-6)13-11-26/h10-14,16,19,28,30-32,34-36H,1,4,7-9,15,17-18,20-21H2,2-3,5-6H3/b23-14+/t28-,30-,31-,32-,33?/m1/s1. The van der Waals surface area contributed by atoms with Gasteiger partial charge in [-0.1, -0.05) is 47.6 Å². The van der Waals surface area contributed by atoms with Crippen molar-refractivity contribution in [3.8, 4) is 5.75 Å². The lowest BCUT2D eigenvalue weighted by Gasteiger charge is -2.43. The third-order valence-corrected chi connectivity index (χ3v) is 7.40. The van der Waals surface area contributed by atoms with Crippen LogP contribution in [0.1, 0.15) is 64.9 Å². The molecule has 6 heteroatoms. The van der Waals surface area contributed by atoms with Gasteiger partial charge in [0, 0.05) is 12.3 Å². The summed E-state index contributed by atoms with van der Waals surface area (Å²) in [5, 5.41) is 32.6. The second-order valence-corrected chi connectivity index (χ2v) is 11.3. The quantitative estimate of drug-likeness (QED) is 0.254. The minimum atomic E-state index is -1.57. The Morgan fingerprint density at radius 2 is 1.90 bits per heavy atom. The summed E-state index contributed by atoms with van der Waals surface area (Å²) in [5.74, 6) is -0.879. The molecule has 0 bridgehead atoms. The van der Waals surface area contributed by atoms with Gasteiger partial charge in [-0.05, 0) is 87.8 Å². The van der Waals surface area contributed by atoms with Gasteiger partial charge in [0.2, 0.25) is 0 Å². The van der Waals surface area contributed by atoms with Crippen LogP contribution in [0.4, 0.5) is 0 Å². The van der Waals surface area contributed by atoms with Crippen LogP contribution in [-0.2, 0) is 16.1 Å². The minimum Gasteiger partial charge on any atom is -0.497 e. The third kappa shape index (κ3) is 9.59. The Bertz CT molecular complexity index is 1080. The number of ether oxygens (including phenoxy) is 3. The van der Waals surface area contributed by atoms with Gasteiger partial charge in [0.15, 0.2) is 5.79 Å². The molecule has 0 saturated carbocycles. The summed E-state index contributed by atoms with van der Waals surface area (Å²) in [4.78, 5) is 0. The molecule has 0 radical (unpaired) electrons. The van der Waals surface area contributed by atoms with Crippen LogP contribution in [0.15, 0.2) is 83.5 Å². The van der Waals surface area contributed by atoms with Crippen molar-refractivity contribution in [2.75, 3.05) is 13.7 Å². The van der Waals surface area contributed by atoms with E-state index < -0.39 is 18.0 Å². The fourth-order valence-electron chi connectivity index (χ4n) is 5.31. The SMILES string of the molecule is C=C(C)CCC/C(C)=C/[C@@H](O)CC(=C)CC1(O)C=C(COCc2ccc(OC)cc2)[C@H]2C[C@@H](O)C(C)=C[C@H]2O1. The third-order valence-electron chi connectivity index (χ3n) is 7.40. The Morgan fingerprint density at radius 3 is 2.56 bits per heavy atom. The van der Waals surface area contributed by atoms with Crippen molar-refractivity contribution in [3.63, 3.8) is 0 Å². The number of hydrogen-bond acceptors (Lipinski definition) is 6. The van der Waals surface area contributed by atoms with Crippen LogP contribution < -0.4 is 4.74 Å². The zero-order chi connectivity index (χ0) is 28.6. The van der Waals surface area contributed by atoms with Gasteiger partial charge in [0.1, 0.15) is 5.75 Å². The molecule has 214 valence electrons. The molecule has 1 aliphatic heterocycles. The summed E-state index contributed by atoms with van der Waals surface area (Å²) in [6.07, 6.45) is 7.78. The normalized spacial score (nSPS) is 25.8. The van der Waals surface area contributed by atoms with E-state index in [0.29, 0.717) is 31.6 Å². The fraction of sp³-hybridized carbons (Fsp3) is 0.515. The average Bonchev–Trinajstić information content (AvgIpc) is 2.85.